The van der Waals surface area contributed by atoms with Gasteiger partial charge in [0.2, 0.25) is 0 Å². The molecule has 1 nitrogen and oxygen atoms in total. The Bertz CT molecular complexity index is 305. The lowest BCUT2D eigenvalue weighted by Crippen LogP contribution is -2.00. The van der Waals surface area contributed by atoms with Crippen LogP contribution in [0.4, 0.5) is 0 Å². The number of ketones is 1. The topological polar surface area (TPSA) is 17.1 Å². The first-order valence-corrected chi connectivity index (χ1v) is 5.48. The van der Waals surface area contributed by atoms with E-state index in [0.29, 0.717) is 5.92 Å². The molecule has 84 valence electrons. The summed E-state index contributed by atoms with van der Waals surface area (Å²) in [6, 6.07) is 0. The molecule has 0 radical (unpaired) electrons. The number of allylic oxidation sites excluding steroid dienone is 5. The second kappa shape index (κ2) is 6.39. The molecule has 0 N–H and O–H groups in total. The highest BCUT2D eigenvalue weighted by molar-refractivity contribution is 5.98. The third-order valence-corrected chi connectivity index (χ3v) is 2.81. The molecule has 0 amide bonds. The number of Topliss-reactive ketones (excluding diaryl/α,β-unsaturated/α-hetero) is 1. The molecule has 0 bridgehead atoms. The first-order chi connectivity index (χ1) is 6.93. The number of carbonyl (C=O) groups excluding carboxylic acids is 1. The summed E-state index contributed by atoms with van der Waals surface area (Å²) in [6.07, 6.45) is 4.96. The van der Waals surface area contributed by atoms with E-state index in [1.54, 1.807) is 6.92 Å². The van der Waals surface area contributed by atoms with E-state index < -0.39 is 0 Å². The van der Waals surface area contributed by atoms with Gasteiger partial charge in [0.1, 0.15) is 0 Å². The summed E-state index contributed by atoms with van der Waals surface area (Å²) in [4.78, 5) is 11.3. The lowest BCUT2D eigenvalue weighted by atomic mass is 9.95. The van der Waals surface area contributed by atoms with Crippen molar-refractivity contribution in [1.29, 1.82) is 0 Å². The molecule has 0 aliphatic carbocycles. The van der Waals surface area contributed by atoms with Crippen molar-refractivity contribution in [3.05, 3.63) is 35.5 Å². The minimum atomic E-state index is 0.0794. The maximum atomic E-state index is 11.3. The second-order valence-electron chi connectivity index (χ2n) is 3.98. The summed E-state index contributed by atoms with van der Waals surface area (Å²) in [5.74, 6) is 0.627. The first-order valence-electron chi connectivity index (χ1n) is 5.48. The Morgan fingerprint density at radius 3 is 2.27 bits per heavy atom. The summed E-state index contributed by atoms with van der Waals surface area (Å²) in [5, 5.41) is 0. The fraction of sp³-hybridized carbons (Fsp3) is 0.500. The maximum absolute atomic E-state index is 11.3. The predicted molar refractivity (Wildman–Crippen MR) is 66.8 cm³/mol. The summed E-state index contributed by atoms with van der Waals surface area (Å²) >= 11 is 0. The zero-order valence-electron chi connectivity index (χ0n) is 10.6. The number of carbonyl (C=O) groups is 1. The van der Waals surface area contributed by atoms with Gasteiger partial charge in [-0.15, -0.1) is 0 Å². The molecule has 0 aromatic carbocycles. The Morgan fingerprint density at radius 2 is 1.93 bits per heavy atom. The van der Waals surface area contributed by atoms with Crippen molar-refractivity contribution in [2.24, 2.45) is 5.92 Å². The van der Waals surface area contributed by atoms with E-state index in [-0.39, 0.29) is 5.78 Å². The van der Waals surface area contributed by atoms with Crippen LogP contribution in [0.5, 0.6) is 0 Å². The van der Waals surface area contributed by atoms with Gasteiger partial charge in [0.05, 0.1) is 0 Å². The summed E-state index contributed by atoms with van der Waals surface area (Å²) in [6.45, 7) is 13.8. The van der Waals surface area contributed by atoms with Crippen LogP contribution in [0.1, 0.15) is 41.0 Å². The van der Waals surface area contributed by atoms with Crippen LogP contribution in [0.3, 0.4) is 0 Å². The molecule has 0 aliphatic heterocycles. The minimum Gasteiger partial charge on any atom is -0.295 e. The molecule has 0 rings (SSSR count). The van der Waals surface area contributed by atoms with Gasteiger partial charge in [0.25, 0.3) is 0 Å². The second-order valence-corrected chi connectivity index (χ2v) is 3.98. The smallest absolute Gasteiger partial charge is 0.160 e. The standard InChI is InChI=1S/C14H22O/c1-7-10(3)11(4)9-12(5)14(8-2)13(6)15/h8-10H,5,7H2,1-4,6H3/b11-9-,14-8+. The summed E-state index contributed by atoms with van der Waals surface area (Å²) in [5.41, 5.74) is 2.82. The van der Waals surface area contributed by atoms with Crippen molar-refractivity contribution in [3.8, 4) is 0 Å². The van der Waals surface area contributed by atoms with Gasteiger partial charge in [-0.1, -0.05) is 38.2 Å². The largest absolute Gasteiger partial charge is 0.295 e. The molecule has 0 spiro atoms. The van der Waals surface area contributed by atoms with Gasteiger partial charge in [-0.2, -0.15) is 0 Å². The predicted octanol–water partition coefficient (Wildman–Crippen LogP) is 4.07. The van der Waals surface area contributed by atoms with Gasteiger partial charge < -0.3 is 0 Å². The van der Waals surface area contributed by atoms with Crippen molar-refractivity contribution < 1.29 is 4.79 Å². The van der Waals surface area contributed by atoms with Gasteiger partial charge in [-0.25, -0.2) is 0 Å². The van der Waals surface area contributed by atoms with Gasteiger partial charge in [-0.05, 0) is 38.7 Å². The number of hydrogen-bond donors (Lipinski definition) is 0. The van der Waals surface area contributed by atoms with Crippen molar-refractivity contribution >= 4 is 5.78 Å². The maximum Gasteiger partial charge on any atom is 0.160 e. The molecular formula is C14H22O. The molecule has 0 fully saturated rings. The third kappa shape index (κ3) is 4.28. The molecule has 0 saturated heterocycles. The molecule has 0 aromatic rings. The van der Waals surface area contributed by atoms with E-state index in [1.165, 1.54) is 5.57 Å². The fourth-order valence-electron chi connectivity index (χ4n) is 1.43. The highest BCUT2D eigenvalue weighted by Gasteiger charge is 2.07. The highest BCUT2D eigenvalue weighted by atomic mass is 16.1. The highest BCUT2D eigenvalue weighted by Crippen LogP contribution is 2.18. The van der Waals surface area contributed by atoms with E-state index in [2.05, 4.69) is 27.4 Å². The molecule has 0 saturated carbocycles. The fourth-order valence-corrected chi connectivity index (χ4v) is 1.43. The average molecular weight is 206 g/mol. The van der Waals surface area contributed by atoms with E-state index in [9.17, 15) is 4.79 Å². The monoisotopic (exact) mass is 206 g/mol. The van der Waals surface area contributed by atoms with Crippen molar-refractivity contribution in [2.45, 2.75) is 41.0 Å². The van der Waals surface area contributed by atoms with E-state index in [4.69, 9.17) is 0 Å². The van der Waals surface area contributed by atoms with Crippen LogP contribution in [0.2, 0.25) is 0 Å². The van der Waals surface area contributed by atoms with Crippen molar-refractivity contribution in [1.82, 2.24) is 0 Å². The molecule has 0 aromatic heterocycles. The van der Waals surface area contributed by atoms with Gasteiger partial charge in [-0.3, -0.25) is 4.79 Å². The van der Waals surface area contributed by atoms with Gasteiger partial charge >= 0.3 is 0 Å². The normalized spacial score (nSPS) is 15.0. The Morgan fingerprint density at radius 1 is 1.40 bits per heavy atom. The van der Waals surface area contributed by atoms with Crippen LogP contribution in [0, 0.1) is 5.92 Å². The number of hydrogen-bond acceptors (Lipinski definition) is 1. The Labute approximate surface area is 93.6 Å². The van der Waals surface area contributed by atoms with E-state index in [1.807, 2.05) is 19.1 Å². The van der Waals surface area contributed by atoms with Crippen LogP contribution in [0.15, 0.2) is 35.5 Å². The lowest BCUT2D eigenvalue weighted by Gasteiger charge is -2.10. The van der Waals surface area contributed by atoms with Crippen LogP contribution in [-0.2, 0) is 4.79 Å². The Balaban J connectivity index is 4.82. The van der Waals surface area contributed by atoms with Crippen LogP contribution in [0.25, 0.3) is 0 Å². The molecular weight excluding hydrogens is 184 g/mol. The van der Waals surface area contributed by atoms with Gasteiger partial charge in [0, 0.05) is 5.57 Å². The molecule has 1 heteroatoms. The van der Waals surface area contributed by atoms with E-state index >= 15 is 0 Å². The van der Waals surface area contributed by atoms with Gasteiger partial charge in [0.15, 0.2) is 5.78 Å². The van der Waals surface area contributed by atoms with Crippen LogP contribution < -0.4 is 0 Å². The quantitative estimate of drug-likeness (QED) is 0.489. The molecule has 0 heterocycles. The molecule has 0 aliphatic rings. The Kier molecular flexibility index (Phi) is 5.92. The Hall–Kier alpha value is -1.11. The first kappa shape index (κ1) is 13.9. The average Bonchev–Trinajstić information content (AvgIpc) is 2.16. The molecule has 15 heavy (non-hydrogen) atoms. The summed E-state index contributed by atoms with van der Waals surface area (Å²) in [7, 11) is 0. The molecule has 1 atom stereocenters. The van der Waals surface area contributed by atoms with Crippen molar-refractivity contribution in [2.75, 3.05) is 0 Å². The summed E-state index contributed by atoms with van der Waals surface area (Å²) < 4.78 is 0. The molecule has 1 unspecified atom stereocenters. The zero-order chi connectivity index (χ0) is 12.0. The van der Waals surface area contributed by atoms with E-state index in [0.717, 1.165) is 17.6 Å². The lowest BCUT2D eigenvalue weighted by molar-refractivity contribution is -0.113. The zero-order valence-corrected chi connectivity index (χ0v) is 10.6. The van der Waals surface area contributed by atoms with Crippen molar-refractivity contribution in [3.63, 3.8) is 0 Å². The third-order valence-electron chi connectivity index (χ3n) is 2.81. The number of rotatable bonds is 5. The van der Waals surface area contributed by atoms with Crippen LogP contribution in [-0.4, -0.2) is 5.78 Å². The SMILES string of the molecule is C=C(/C=C(/C)C(C)CC)/C(=C\C)C(C)=O. The van der Waals surface area contributed by atoms with Crippen LogP contribution >= 0.6 is 0 Å². The minimum absolute atomic E-state index is 0.0794.